The summed E-state index contributed by atoms with van der Waals surface area (Å²) in [6, 6.07) is 18.1. The number of carbonyl (C=O) groups is 1. The van der Waals surface area contributed by atoms with Crippen LogP contribution < -0.4 is 19.1 Å². The zero-order chi connectivity index (χ0) is 24.2. The molecule has 1 atom stereocenters. The lowest BCUT2D eigenvalue weighted by atomic mass is 10.1. The zero-order valence-electron chi connectivity index (χ0n) is 19.3. The predicted molar refractivity (Wildman–Crippen MR) is 129 cm³/mol. The molecular weight excluding hydrogens is 440 g/mol. The fourth-order valence-electron chi connectivity index (χ4n) is 3.47. The molecule has 3 rings (SSSR count). The molecule has 0 aliphatic heterocycles. The molecule has 0 aliphatic rings. The molecular formula is C25H28N2O5S. The van der Waals surface area contributed by atoms with Gasteiger partial charge in [-0.3, -0.25) is 9.10 Å². The van der Waals surface area contributed by atoms with E-state index >= 15 is 0 Å². The Labute approximate surface area is 195 Å². The van der Waals surface area contributed by atoms with Gasteiger partial charge >= 0.3 is 0 Å². The van der Waals surface area contributed by atoms with Crippen LogP contribution in [0, 0.1) is 6.92 Å². The van der Waals surface area contributed by atoms with E-state index in [1.54, 1.807) is 80.9 Å². The van der Waals surface area contributed by atoms with Crippen molar-refractivity contribution in [3.05, 3.63) is 83.4 Å². The SMILES string of the molecule is COc1ccc(OC)c([C@H](C)NC(=O)c2ccccc2N(C)S(=O)(=O)c2ccc(C)cc2)c1. The molecule has 3 aromatic rings. The highest BCUT2D eigenvalue weighted by atomic mass is 32.2. The summed E-state index contributed by atoms with van der Waals surface area (Å²) in [4.78, 5) is 13.4. The summed E-state index contributed by atoms with van der Waals surface area (Å²) in [5.74, 6) is 0.834. The molecule has 0 saturated carbocycles. The van der Waals surface area contributed by atoms with Gasteiger partial charge in [0.2, 0.25) is 0 Å². The smallest absolute Gasteiger partial charge is 0.264 e. The van der Waals surface area contributed by atoms with Gasteiger partial charge in [-0.25, -0.2) is 8.42 Å². The average Bonchev–Trinajstić information content (AvgIpc) is 2.83. The maximum Gasteiger partial charge on any atom is 0.264 e. The Balaban J connectivity index is 1.91. The number of rotatable bonds is 8. The Morgan fingerprint density at radius 3 is 2.27 bits per heavy atom. The van der Waals surface area contributed by atoms with Gasteiger partial charge in [-0.2, -0.15) is 0 Å². The van der Waals surface area contributed by atoms with E-state index in [1.807, 2.05) is 13.8 Å². The number of ether oxygens (including phenoxy) is 2. The van der Waals surface area contributed by atoms with Crippen LogP contribution in [0.1, 0.15) is 34.5 Å². The molecule has 0 unspecified atom stereocenters. The topological polar surface area (TPSA) is 84.9 Å². The Hall–Kier alpha value is -3.52. The Kier molecular flexibility index (Phi) is 7.28. The number of amides is 1. The van der Waals surface area contributed by atoms with Crippen LogP contribution in [-0.4, -0.2) is 35.6 Å². The van der Waals surface area contributed by atoms with Gasteiger partial charge in [-0.1, -0.05) is 29.8 Å². The lowest BCUT2D eigenvalue weighted by Crippen LogP contribution is -2.32. The van der Waals surface area contributed by atoms with Crippen LogP contribution in [0.25, 0.3) is 0 Å². The van der Waals surface area contributed by atoms with Gasteiger partial charge < -0.3 is 14.8 Å². The van der Waals surface area contributed by atoms with E-state index in [1.165, 1.54) is 7.05 Å². The Morgan fingerprint density at radius 2 is 1.64 bits per heavy atom. The van der Waals surface area contributed by atoms with Crippen LogP contribution in [0.4, 0.5) is 5.69 Å². The molecule has 0 spiro atoms. The Bertz CT molecular complexity index is 1240. The van der Waals surface area contributed by atoms with E-state index in [2.05, 4.69) is 5.32 Å². The van der Waals surface area contributed by atoms with Crippen LogP contribution in [0.2, 0.25) is 0 Å². The zero-order valence-corrected chi connectivity index (χ0v) is 20.1. The van der Waals surface area contributed by atoms with Crippen LogP contribution in [0.3, 0.4) is 0 Å². The highest BCUT2D eigenvalue weighted by molar-refractivity contribution is 7.92. The number of hydrogen-bond acceptors (Lipinski definition) is 5. The summed E-state index contributed by atoms with van der Waals surface area (Å²) >= 11 is 0. The maximum absolute atomic E-state index is 13.2. The fourth-order valence-corrected chi connectivity index (χ4v) is 4.68. The molecule has 7 nitrogen and oxygen atoms in total. The summed E-state index contributed by atoms with van der Waals surface area (Å²) in [5, 5.41) is 2.94. The lowest BCUT2D eigenvalue weighted by Gasteiger charge is -2.23. The van der Waals surface area contributed by atoms with Crippen molar-refractivity contribution in [2.45, 2.75) is 24.8 Å². The molecule has 0 bridgehead atoms. The van der Waals surface area contributed by atoms with Gasteiger partial charge in [0.25, 0.3) is 15.9 Å². The summed E-state index contributed by atoms with van der Waals surface area (Å²) in [6.45, 7) is 3.71. The van der Waals surface area contributed by atoms with Crippen molar-refractivity contribution in [3.8, 4) is 11.5 Å². The summed E-state index contributed by atoms with van der Waals surface area (Å²) in [5.41, 5.74) is 2.21. The van der Waals surface area contributed by atoms with E-state index in [-0.39, 0.29) is 16.1 Å². The quantitative estimate of drug-likeness (QED) is 0.532. The van der Waals surface area contributed by atoms with Crippen molar-refractivity contribution < 1.29 is 22.7 Å². The number of carbonyl (C=O) groups excluding carboxylic acids is 1. The fraction of sp³-hybridized carbons (Fsp3) is 0.240. The van der Waals surface area contributed by atoms with Gasteiger partial charge in [0.1, 0.15) is 11.5 Å². The molecule has 1 N–H and O–H groups in total. The second-order valence-electron chi connectivity index (χ2n) is 7.61. The molecule has 0 heterocycles. The summed E-state index contributed by atoms with van der Waals surface area (Å²) < 4.78 is 38.2. The third-order valence-electron chi connectivity index (χ3n) is 5.42. The van der Waals surface area contributed by atoms with E-state index in [0.29, 0.717) is 11.5 Å². The first kappa shape index (κ1) is 24.1. The molecule has 0 radical (unpaired) electrons. The molecule has 8 heteroatoms. The molecule has 0 aliphatic carbocycles. The van der Waals surface area contributed by atoms with Crippen LogP contribution in [0.5, 0.6) is 11.5 Å². The molecule has 1 amide bonds. The minimum absolute atomic E-state index is 0.153. The van der Waals surface area contributed by atoms with Crippen molar-refractivity contribution in [1.82, 2.24) is 5.32 Å². The monoisotopic (exact) mass is 468 g/mol. The predicted octanol–water partition coefficient (Wildman–Crippen LogP) is 4.33. The normalized spacial score (nSPS) is 12.0. The van der Waals surface area contributed by atoms with Gasteiger partial charge in [0.15, 0.2) is 0 Å². The first-order valence-corrected chi connectivity index (χ1v) is 11.8. The first-order chi connectivity index (χ1) is 15.7. The van der Waals surface area contributed by atoms with Crippen LogP contribution >= 0.6 is 0 Å². The van der Waals surface area contributed by atoms with Gasteiger partial charge in [-0.15, -0.1) is 0 Å². The largest absolute Gasteiger partial charge is 0.497 e. The third-order valence-corrected chi connectivity index (χ3v) is 7.20. The van der Waals surface area contributed by atoms with Crippen molar-refractivity contribution in [1.29, 1.82) is 0 Å². The maximum atomic E-state index is 13.2. The Morgan fingerprint density at radius 1 is 0.970 bits per heavy atom. The van der Waals surface area contributed by atoms with Gasteiger partial charge in [0.05, 0.1) is 36.4 Å². The number of sulfonamides is 1. The number of anilines is 1. The van der Waals surface area contributed by atoms with E-state index < -0.39 is 22.0 Å². The van der Waals surface area contributed by atoms with Crippen molar-refractivity contribution in [2.24, 2.45) is 0 Å². The second kappa shape index (κ2) is 9.95. The second-order valence-corrected chi connectivity index (χ2v) is 9.58. The van der Waals surface area contributed by atoms with E-state index in [4.69, 9.17) is 9.47 Å². The van der Waals surface area contributed by atoms with Crippen LogP contribution in [-0.2, 0) is 10.0 Å². The molecule has 0 saturated heterocycles. The minimum Gasteiger partial charge on any atom is -0.497 e. The van der Waals surface area contributed by atoms with E-state index in [0.717, 1.165) is 15.4 Å². The number of nitrogens with one attached hydrogen (secondary N) is 1. The number of para-hydroxylation sites is 1. The standard InChI is InChI=1S/C25H28N2O5S/c1-17-10-13-20(14-11-17)33(29,30)27(3)23-9-7-6-8-21(23)25(28)26-18(2)22-16-19(31-4)12-15-24(22)32-5/h6-16,18H,1-5H3,(H,26,28)/t18-/m0/s1. The highest BCUT2D eigenvalue weighted by Gasteiger charge is 2.26. The molecule has 0 aromatic heterocycles. The highest BCUT2D eigenvalue weighted by Crippen LogP contribution is 2.31. The molecule has 3 aromatic carbocycles. The average molecular weight is 469 g/mol. The van der Waals surface area contributed by atoms with Gasteiger partial charge in [0, 0.05) is 12.6 Å². The van der Waals surface area contributed by atoms with Crippen molar-refractivity contribution in [3.63, 3.8) is 0 Å². The molecule has 0 fully saturated rings. The van der Waals surface area contributed by atoms with E-state index in [9.17, 15) is 13.2 Å². The first-order valence-electron chi connectivity index (χ1n) is 10.4. The third kappa shape index (κ3) is 5.12. The number of aryl methyl sites for hydroxylation is 1. The molecule has 33 heavy (non-hydrogen) atoms. The minimum atomic E-state index is -3.85. The number of nitrogens with zero attached hydrogens (tertiary/aromatic N) is 1. The van der Waals surface area contributed by atoms with Crippen molar-refractivity contribution in [2.75, 3.05) is 25.6 Å². The van der Waals surface area contributed by atoms with Gasteiger partial charge in [-0.05, 0) is 56.3 Å². The van der Waals surface area contributed by atoms with Crippen molar-refractivity contribution >= 4 is 21.6 Å². The number of hydrogen-bond donors (Lipinski definition) is 1. The number of methoxy groups -OCH3 is 2. The summed E-state index contributed by atoms with van der Waals surface area (Å²) in [7, 11) is 0.712. The number of benzene rings is 3. The lowest BCUT2D eigenvalue weighted by molar-refractivity contribution is 0.0940. The molecule has 174 valence electrons. The summed E-state index contributed by atoms with van der Waals surface area (Å²) in [6.07, 6.45) is 0. The van der Waals surface area contributed by atoms with Crippen LogP contribution in [0.15, 0.2) is 71.6 Å².